The lowest BCUT2D eigenvalue weighted by atomic mass is 10.1. The van der Waals surface area contributed by atoms with Crippen LogP contribution in [-0.2, 0) is 20.7 Å². The Bertz CT molecular complexity index is 1530. The van der Waals surface area contributed by atoms with E-state index in [-0.39, 0.29) is 5.75 Å². The third-order valence-corrected chi connectivity index (χ3v) is 6.46. The zero-order valence-corrected chi connectivity index (χ0v) is 24.1. The number of phenols is 1. The van der Waals surface area contributed by atoms with Crippen LogP contribution in [0, 0.1) is 0 Å². The predicted molar refractivity (Wildman–Crippen MR) is 164 cm³/mol. The van der Waals surface area contributed by atoms with E-state index in [1.807, 2.05) is 30.3 Å². The van der Waals surface area contributed by atoms with Crippen LogP contribution in [0.15, 0.2) is 73.2 Å². The van der Waals surface area contributed by atoms with E-state index in [0.29, 0.717) is 66.9 Å². The molecule has 1 atom stereocenters. The number of nitrogens with two attached hydrogens (primary N) is 2. The van der Waals surface area contributed by atoms with Crippen molar-refractivity contribution in [1.29, 1.82) is 0 Å². The number of carbonyl (C=O) groups is 1. The summed E-state index contributed by atoms with van der Waals surface area (Å²) in [4.78, 5) is 20.7. The summed E-state index contributed by atoms with van der Waals surface area (Å²) in [5, 5.41) is 14.8. The Hall–Kier alpha value is -4.91. The largest absolute Gasteiger partial charge is 0.508 e. The number of benzene rings is 3. The Balaban J connectivity index is 1.55. The maximum atomic E-state index is 11.8. The molecule has 1 unspecified atom stereocenters. The summed E-state index contributed by atoms with van der Waals surface area (Å²) in [6, 6.07) is 17.0. The molecule has 0 radical (unpaired) electrons. The topological polar surface area (TPSA) is 167 Å². The van der Waals surface area contributed by atoms with Crippen LogP contribution in [-0.4, -0.2) is 73.1 Å². The molecule has 43 heavy (non-hydrogen) atoms. The molecule has 0 saturated heterocycles. The molecule has 0 fully saturated rings. The quantitative estimate of drug-likeness (QED) is 0.0653. The number of nitrogens with zero attached hydrogens (tertiary/aromatic N) is 3. The fourth-order valence-electron chi connectivity index (χ4n) is 4.20. The van der Waals surface area contributed by atoms with Crippen LogP contribution >= 0.6 is 0 Å². The van der Waals surface area contributed by atoms with Gasteiger partial charge in [0.05, 0.1) is 24.4 Å². The van der Waals surface area contributed by atoms with Gasteiger partial charge in [0.2, 0.25) is 0 Å². The van der Waals surface area contributed by atoms with Crippen molar-refractivity contribution in [2.75, 3.05) is 46.0 Å². The summed E-state index contributed by atoms with van der Waals surface area (Å²) in [6.45, 7) is 1.53. The summed E-state index contributed by atoms with van der Waals surface area (Å²) in [5.74, 6) is 7.97. The molecule has 0 amide bonds. The molecular weight excluding hydrogens is 552 g/mol. The lowest BCUT2D eigenvalue weighted by molar-refractivity contribution is -0.111. The molecule has 226 valence electrons. The molecule has 1 heterocycles. The number of phenolic OH excluding ortho intramolecular Hbond substituents is 1. The molecule has 0 saturated carbocycles. The van der Waals surface area contributed by atoms with Gasteiger partial charge in [-0.05, 0) is 35.9 Å². The van der Waals surface area contributed by atoms with Gasteiger partial charge in [0, 0.05) is 49.5 Å². The van der Waals surface area contributed by atoms with Crippen molar-refractivity contribution < 1.29 is 28.8 Å². The van der Waals surface area contributed by atoms with E-state index in [0.717, 1.165) is 22.9 Å². The molecule has 0 aliphatic rings. The highest BCUT2D eigenvalue weighted by Crippen LogP contribution is 2.35. The predicted octanol–water partition coefficient (Wildman–Crippen LogP) is 3.37. The zero-order valence-electron chi connectivity index (χ0n) is 24.1. The molecular formula is C31H36N6O6. The summed E-state index contributed by atoms with van der Waals surface area (Å²) in [7, 11) is 3.21. The molecule has 4 rings (SSSR count). The van der Waals surface area contributed by atoms with Gasteiger partial charge in [-0.3, -0.25) is 0 Å². The number of rotatable bonds is 16. The van der Waals surface area contributed by atoms with E-state index in [1.54, 1.807) is 44.6 Å². The Morgan fingerprint density at radius 2 is 1.67 bits per heavy atom. The van der Waals surface area contributed by atoms with Crippen molar-refractivity contribution in [1.82, 2.24) is 15.0 Å². The van der Waals surface area contributed by atoms with Crippen LogP contribution in [0.3, 0.4) is 0 Å². The van der Waals surface area contributed by atoms with Crippen LogP contribution in [0.5, 0.6) is 17.2 Å². The monoisotopic (exact) mass is 588 g/mol. The molecule has 0 aliphatic carbocycles. The molecule has 12 heteroatoms. The van der Waals surface area contributed by atoms with Gasteiger partial charge in [-0.15, -0.1) is 0 Å². The minimum Gasteiger partial charge on any atom is -0.508 e. The van der Waals surface area contributed by atoms with Gasteiger partial charge in [-0.1, -0.05) is 24.3 Å². The fourth-order valence-corrected chi connectivity index (χ4v) is 4.20. The maximum Gasteiger partial charge on any atom is 0.163 e. The first-order chi connectivity index (χ1) is 20.9. The molecule has 0 aliphatic heterocycles. The minimum atomic E-state index is -0.652. The third kappa shape index (κ3) is 8.55. The van der Waals surface area contributed by atoms with Crippen molar-refractivity contribution in [2.45, 2.75) is 12.5 Å². The van der Waals surface area contributed by atoms with Gasteiger partial charge in [0.15, 0.2) is 11.5 Å². The lowest BCUT2D eigenvalue weighted by Gasteiger charge is -2.22. The average molecular weight is 589 g/mol. The maximum absolute atomic E-state index is 11.8. The molecule has 1 aromatic heterocycles. The van der Waals surface area contributed by atoms with Crippen LogP contribution in [0.1, 0.15) is 11.1 Å². The molecule has 12 nitrogen and oxygen atoms in total. The highest BCUT2D eigenvalue weighted by Gasteiger charge is 2.15. The van der Waals surface area contributed by atoms with E-state index in [4.69, 9.17) is 30.5 Å². The molecule has 3 aromatic carbocycles. The zero-order chi connectivity index (χ0) is 30.6. The second-order valence-electron chi connectivity index (χ2n) is 9.53. The number of fused-ring (bicyclic) bond motifs is 1. The number of anilines is 2. The first-order valence-corrected chi connectivity index (χ1v) is 13.5. The van der Waals surface area contributed by atoms with Crippen molar-refractivity contribution >= 4 is 34.4 Å². The highest BCUT2D eigenvalue weighted by molar-refractivity contribution is 5.93. The van der Waals surface area contributed by atoms with E-state index in [1.165, 1.54) is 17.5 Å². The van der Waals surface area contributed by atoms with Gasteiger partial charge < -0.3 is 44.9 Å². The second kappa shape index (κ2) is 15.4. The number of methoxy groups -OCH3 is 2. The number of aldehydes is 1. The van der Waals surface area contributed by atoms with Crippen molar-refractivity contribution in [2.24, 2.45) is 11.6 Å². The molecule has 6 N–H and O–H groups in total. The number of hydrazine groups is 1. The normalized spacial score (nSPS) is 12.1. The first-order valence-electron chi connectivity index (χ1n) is 13.5. The number of aromatic nitrogens is 2. The molecule has 0 spiro atoms. The van der Waals surface area contributed by atoms with Gasteiger partial charge in [-0.25, -0.2) is 15.8 Å². The van der Waals surface area contributed by atoms with Crippen LogP contribution in [0.4, 0.5) is 11.5 Å². The third-order valence-electron chi connectivity index (χ3n) is 6.46. The van der Waals surface area contributed by atoms with Crippen molar-refractivity contribution in [3.05, 3.63) is 84.3 Å². The smallest absolute Gasteiger partial charge is 0.163 e. The van der Waals surface area contributed by atoms with Crippen molar-refractivity contribution in [3.8, 4) is 17.2 Å². The Morgan fingerprint density at radius 3 is 2.35 bits per heavy atom. The van der Waals surface area contributed by atoms with E-state index in [9.17, 15) is 9.90 Å². The number of carbonyl (C=O) groups excluding carboxylic acids is 1. The number of nitrogens with one attached hydrogen (secondary N) is 1. The molecule has 4 aromatic rings. The van der Waals surface area contributed by atoms with E-state index in [2.05, 4.69) is 15.3 Å². The average Bonchev–Trinajstić information content (AvgIpc) is 3.01. The number of aromatic hydroxyl groups is 1. The summed E-state index contributed by atoms with van der Waals surface area (Å²) < 4.78 is 22.0. The fraction of sp³-hybridized carbons (Fsp3) is 0.258. The van der Waals surface area contributed by atoms with E-state index >= 15 is 0 Å². The summed E-state index contributed by atoms with van der Waals surface area (Å²) in [5.41, 5.74) is 9.66. The Labute approximate surface area is 249 Å². The second-order valence-corrected chi connectivity index (χ2v) is 9.53. The highest BCUT2D eigenvalue weighted by atomic mass is 16.5. The van der Waals surface area contributed by atoms with Gasteiger partial charge in [0.25, 0.3) is 0 Å². The Kier molecular flexibility index (Phi) is 11.1. The van der Waals surface area contributed by atoms with Gasteiger partial charge in [0.1, 0.15) is 43.4 Å². The summed E-state index contributed by atoms with van der Waals surface area (Å²) >= 11 is 0. The lowest BCUT2D eigenvalue weighted by Crippen LogP contribution is -2.39. The SMILES string of the molecule is COCCOc1cc2ncnc(Nc3cccc(/C(N)=C/N(N)C(C=O)Cc4ccc(O)cc4)c3)c2cc1OCCOC. The van der Waals surface area contributed by atoms with Gasteiger partial charge in [-0.2, -0.15) is 0 Å². The minimum absolute atomic E-state index is 0.149. The van der Waals surface area contributed by atoms with Crippen LogP contribution < -0.4 is 26.4 Å². The first kappa shape index (κ1) is 31.0. The number of ether oxygens (including phenoxy) is 4. The summed E-state index contributed by atoms with van der Waals surface area (Å²) in [6.07, 6.45) is 4.10. The number of hydrogen-bond acceptors (Lipinski definition) is 12. The standard InChI is InChI=1S/C31H36N6O6/c1-40-10-12-42-29-16-26-28(17-30(29)43-13-11-41-2)34-20-35-31(26)36-23-5-3-4-22(15-23)27(32)18-37(33)24(19-38)14-21-6-8-25(39)9-7-21/h3-9,15-20,24,39H,10-14,32-33H2,1-2H3,(H,34,35,36)/b27-18-. The van der Waals surface area contributed by atoms with Gasteiger partial charge >= 0.3 is 0 Å². The van der Waals surface area contributed by atoms with Crippen LogP contribution in [0.25, 0.3) is 16.6 Å². The van der Waals surface area contributed by atoms with Crippen molar-refractivity contribution in [3.63, 3.8) is 0 Å². The Morgan fingerprint density at radius 1 is 0.977 bits per heavy atom. The number of hydrogen-bond donors (Lipinski definition) is 4. The molecule has 0 bridgehead atoms. The van der Waals surface area contributed by atoms with Crippen LogP contribution in [0.2, 0.25) is 0 Å². The van der Waals surface area contributed by atoms with E-state index < -0.39 is 6.04 Å².